The summed E-state index contributed by atoms with van der Waals surface area (Å²) in [7, 11) is 0. The zero-order valence-corrected chi connectivity index (χ0v) is 14.6. The Morgan fingerprint density at radius 1 is 1.04 bits per heavy atom. The van der Waals surface area contributed by atoms with Crippen molar-refractivity contribution in [1.29, 1.82) is 0 Å². The van der Waals surface area contributed by atoms with Gasteiger partial charge in [-0.05, 0) is 44.2 Å². The van der Waals surface area contributed by atoms with Crippen LogP contribution in [-0.4, -0.2) is 29.7 Å². The van der Waals surface area contributed by atoms with Crippen LogP contribution < -0.4 is 5.32 Å². The Morgan fingerprint density at radius 2 is 2.04 bits per heavy atom. The lowest BCUT2D eigenvalue weighted by Crippen LogP contribution is -2.16. The van der Waals surface area contributed by atoms with Gasteiger partial charge in [0.1, 0.15) is 11.6 Å². The molecule has 3 aromatic heterocycles. The Hall–Kier alpha value is -2.83. The van der Waals surface area contributed by atoms with Crippen LogP contribution in [0.3, 0.4) is 0 Å². The highest BCUT2D eigenvalue weighted by Crippen LogP contribution is 2.29. The van der Waals surface area contributed by atoms with E-state index < -0.39 is 0 Å². The molecule has 0 unspecified atom stereocenters. The first-order chi connectivity index (χ1) is 12.9. The van der Waals surface area contributed by atoms with E-state index in [4.69, 9.17) is 9.97 Å². The molecule has 0 saturated carbocycles. The average molecular weight is 347 g/mol. The van der Waals surface area contributed by atoms with Gasteiger partial charge in [0.25, 0.3) is 0 Å². The summed E-state index contributed by atoms with van der Waals surface area (Å²) in [5, 5.41) is 12.2. The van der Waals surface area contributed by atoms with E-state index in [1.165, 1.54) is 18.4 Å². The number of aromatic nitrogens is 6. The van der Waals surface area contributed by atoms with Gasteiger partial charge in [0.2, 0.25) is 0 Å². The van der Waals surface area contributed by atoms with Crippen molar-refractivity contribution in [2.45, 2.75) is 51.6 Å². The summed E-state index contributed by atoms with van der Waals surface area (Å²) < 4.78 is 2.25. The molecule has 0 radical (unpaired) electrons. The lowest BCUT2D eigenvalue weighted by Gasteiger charge is -2.16. The van der Waals surface area contributed by atoms with Crippen LogP contribution in [0.15, 0.2) is 24.5 Å². The van der Waals surface area contributed by atoms with E-state index in [0.29, 0.717) is 6.54 Å². The molecular formula is C19H21N7. The third kappa shape index (κ3) is 2.73. The van der Waals surface area contributed by atoms with E-state index in [2.05, 4.69) is 25.1 Å². The topological polar surface area (TPSA) is 81.4 Å². The van der Waals surface area contributed by atoms with Gasteiger partial charge in [-0.25, -0.2) is 9.97 Å². The molecule has 0 aromatic carbocycles. The lowest BCUT2D eigenvalue weighted by atomic mass is 10.1. The van der Waals surface area contributed by atoms with Gasteiger partial charge >= 0.3 is 0 Å². The smallest absolute Gasteiger partial charge is 0.163 e. The number of aryl methyl sites for hydroxylation is 2. The van der Waals surface area contributed by atoms with Crippen molar-refractivity contribution in [3.05, 3.63) is 47.4 Å². The van der Waals surface area contributed by atoms with Crippen molar-refractivity contribution in [3.8, 4) is 11.4 Å². The zero-order valence-electron chi connectivity index (χ0n) is 14.6. The van der Waals surface area contributed by atoms with E-state index >= 15 is 0 Å². The minimum atomic E-state index is 0.642. The molecule has 4 heterocycles. The molecular weight excluding hydrogens is 326 g/mol. The monoisotopic (exact) mass is 347 g/mol. The van der Waals surface area contributed by atoms with Crippen molar-refractivity contribution < 1.29 is 0 Å². The maximum atomic E-state index is 4.81. The fraction of sp³-hybridized carbons (Fsp3) is 0.421. The molecule has 0 spiro atoms. The van der Waals surface area contributed by atoms with Crippen molar-refractivity contribution in [2.24, 2.45) is 0 Å². The Labute approximate surface area is 151 Å². The van der Waals surface area contributed by atoms with Gasteiger partial charge in [0.15, 0.2) is 11.6 Å². The van der Waals surface area contributed by atoms with Gasteiger partial charge in [-0.1, -0.05) is 0 Å². The summed E-state index contributed by atoms with van der Waals surface area (Å²) in [5.74, 6) is 3.77. The van der Waals surface area contributed by atoms with Crippen LogP contribution in [0, 0.1) is 0 Å². The van der Waals surface area contributed by atoms with Crippen LogP contribution in [-0.2, 0) is 32.4 Å². The van der Waals surface area contributed by atoms with Gasteiger partial charge in [-0.2, -0.15) is 0 Å². The summed E-state index contributed by atoms with van der Waals surface area (Å²) in [6.45, 7) is 1.66. The summed E-state index contributed by atoms with van der Waals surface area (Å²) in [5.41, 5.74) is 3.35. The van der Waals surface area contributed by atoms with Crippen LogP contribution in [0.25, 0.3) is 11.4 Å². The van der Waals surface area contributed by atoms with E-state index in [9.17, 15) is 0 Å². The van der Waals surface area contributed by atoms with E-state index in [1.54, 1.807) is 6.20 Å². The average Bonchev–Trinajstić information content (AvgIpc) is 3.33. The number of anilines is 1. The van der Waals surface area contributed by atoms with Crippen molar-refractivity contribution in [2.75, 3.05) is 5.32 Å². The Balaban J connectivity index is 1.45. The maximum absolute atomic E-state index is 4.81. The number of hydrogen-bond donors (Lipinski definition) is 1. The minimum Gasteiger partial charge on any atom is -0.362 e. The summed E-state index contributed by atoms with van der Waals surface area (Å²) in [6.07, 6.45) is 10.2. The first-order valence-corrected chi connectivity index (χ1v) is 9.33. The molecule has 2 aliphatic rings. The predicted molar refractivity (Wildman–Crippen MR) is 97.6 cm³/mol. The second kappa shape index (κ2) is 6.48. The molecule has 26 heavy (non-hydrogen) atoms. The Morgan fingerprint density at radius 3 is 2.96 bits per heavy atom. The summed E-state index contributed by atoms with van der Waals surface area (Å²) in [6, 6.07) is 3.92. The molecule has 1 aliphatic carbocycles. The number of nitrogens with one attached hydrogen (secondary N) is 1. The molecule has 1 N–H and O–H groups in total. The van der Waals surface area contributed by atoms with Gasteiger partial charge in [0.05, 0.1) is 6.54 Å². The highest BCUT2D eigenvalue weighted by molar-refractivity contribution is 5.59. The molecule has 132 valence electrons. The Kier molecular flexibility index (Phi) is 3.84. The molecule has 0 atom stereocenters. The highest BCUT2D eigenvalue weighted by atomic mass is 15.3. The van der Waals surface area contributed by atoms with Crippen LogP contribution >= 0.6 is 0 Å². The van der Waals surface area contributed by atoms with E-state index in [0.717, 1.165) is 66.8 Å². The zero-order chi connectivity index (χ0) is 17.3. The molecule has 0 amide bonds. The van der Waals surface area contributed by atoms with Crippen molar-refractivity contribution >= 4 is 5.82 Å². The number of nitrogens with zero attached hydrogens (tertiary/aromatic N) is 6. The number of rotatable bonds is 4. The third-order valence-corrected chi connectivity index (χ3v) is 5.20. The number of hydrogen-bond acceptors (Lipinski definition) is 6. The summed E-state index contributed by atoms with van der Waals surface area (Å²) >= 11 is 0. The number of fused-ring (bicyclic) bond motifs is 2. The Bertz CT molecular complexity index is 933. The van der Waals surface area contributed by atoms with Crippen LogP contribution in [0.2, 0.25) is 0 Å². The predicted octanol–water partition coefficient (Wildman–Crippen LogP) is 2.57. The molecule has 0 fully saturated rings. The first-order valence-electron chi connectivity index (χ1n) is 9.33. The first kappa shape index (κ1) is 15.4. The fourth-order valence-corrected chi connectivity index (χ4v) is 3.86. The second-order valence-electron chi connectivity index (χ2n) is 6.91. The molecule has 5 rings (SSSR count). The molecule has 3 aromatic rings. The normalized spacial score (nSPS) is 15.5. The fourth-order valence-electron chi connectivity index (χ4n) is 3.86. The molecule has 1 aliphatic heterocycles. The molecule has 7 nitrogen and oxygen atoms in total. The highest BCUT2D eigenvalue weighted by Gasteiger charge is 2.21. The molecule has 0 bridgehead atoms. The van der Waals surface area contributed by atoms with Gasteiger partial charge in [-0.15, -0.1) is 10.2 Å². The third-order valence-electron chi connectivity index (χ3n) is 5.20. The van der Waals surface area contributed by atoms with Crippen molar-refractivity contribution in [3.63, 3.8) is 0 Å². The van der Waals surface area contributed by atoms with Crippen molar-refractivity contribution in [1.82, 2.24) is 29.7 Å². The van der Waals surface area contributed by atoms with Gasteiger partial charge < -0.3 is 9.88 Å². The van der Waals surface area contributed by atoms with E-state index in [-0.39, 0.29) is 0 Å². The molecule has 7 heteroatoms. The minimum absolute atomic E-state index is 0.642. The van der Waals surface area contributed by atoms with Crippen LogP contribution in [0.4, 0.5) is 5.82 Å². The largest absolute Gasteiger partial charge is 0.362 e. The SMILES string of the molecule is c1cncc(-c2nc3c(c(NCc4nnc5n4CCCC5)n2)CCC3)c1. The summed E-state index contributed by atoms with van der Waals surface area (Å²) in [4.78, 5) is 13.8. The maximum Gasteiger partial charge on any atom is 0.163 e. The number of pyridine rings is 1. The van der Waals surface area contributed by atoms with Crippen LogP contribution in [0.5, 0.6) is 0 Å². The van der Waals surface area contributed by atoms with Gasteiger partial charge in [-0.3, -0.25) is 4.98 Å². The van der Waals surface area contributed by atoms with E-state index in [1.807, 2.05) is 18.3 Å². The quantitative estimate of drug-likeness (QED) is 0.781. The lowest BCUT2D eigenvalue weighted by molar-refractivity contribution is 0.509. The standard InChI is InChI=1S/C19H21N7/c1-2-10-26-16(8-1)24-25-17(26)12-21-19-14-6-3-7-15(14)22-18(23-19)13-5-4-9-20-11-13/h4-5,9,11H,1-3,6-8,10,12H2,(H,21,22,23). The second-order valence-corrected chi connectivity index (χ2v) is 6.91. The molecule has 0 saturated heterocycles. The van der Waals surface area contributed by atoms with Crippen LogP contribution in [0.1, 0.15) is 42.2 Å². The van der Waals surface area contributed by atoms with Gasteiger partial charge in [0, 0.05) is 42.2 Å².